The van der Waals surface area contributed by atoms with Crippen molar-refractivity contribution in [2.24, 2.45) is 5.92 Å². The third-order valence-electron chi connectivity index (χ3n) is 6.87. The summed E-state index contributed by atoms with van der Waals surface area (Å²) in [5.74, 6) is -0.463. The lowest BCUT2D eigenvalue weighted by atomic mass is 9.82. The summed E-state index contributed by atoms with van der Waals surface area (Å²) in [6.45, 7) is 1.92. The number of nitrogens with one attached hydrogen (secondary N) is 2. The Morgan fingerprint density at radius 2 is 1.95 bits per heavy atom. The van der Waals surface area contributed by atoms with Gasteiger partial charge >= 0.3 is 11.9 Å². The molecule has 1 aromatic carbocycles. The molecule has 10 nitrogen and oxygen atoms in total. The third kappa shape index (κ3) is 6.24. The average Bonchev–Trinajstić information content (AvgIpc) is 3.30. The van der Waals surface area contributed by atoms with Gasteiger partial charge in [-0.25, -0.2) is 4.98 Å². The number of imidazole rings is 1. The van der Waals surface area contributed by atoms with Gasteiger partial charge in [0.25, 0.3) is 5.91 Å². The maximum atomic E-state index is 13.5. The minimum Gasteiger partial charge on any atom is -0.497 e. The molecular formula is C28H34N4O6. The molecule has 0 bridgehead atoms. The van der Waals surface area contributed by atoms with Gasteiger partial charge in [-0.3, -0.25) is 18.8 Å². The predicted octanol–water partition coefficient (Wildman–Crippen LogP) is 4.14. The van der Waals surface area contributed by atoms with Gasteiger partial charge in [0.1, 0.15) is 23.8 Å². The van der Waals surface area contributed by atoms with Crippen molar-refractivity contribution in [1.29, 1.82) is 0 Å². The molecule has 0 spiro atoms. The fraction of sp³-hybridized carbons (Fsp3) is 0.429. The normalized spacial score (nSPS) is 14.6. The number of amides is 1. The fourth-order valence-corrected chi connectivity index (χ4v) is 5.06. The van der Waals surface area contributed by atoms with Crippen LogP contribution in [0.1, 0.15) is 55.8 Å². The first-order valence-electron chi connectivity index (χ1n) is 13.0. The Bertz CT molecular complexity index is 1300. The first kappa shape index (κ1) is 27.0. The van der Waals surface area contributed by atoms with Crippen LogP contribution in [-0.4, -0.2) is 58.6 Å². The highest BCUT2D eigenvalue weighted by Crippen LogP contribution is 2.32. The van der Waals surface area contributed by atoms with Crippen molar-refractivity contribution in [1.82, 2.24) is 14.7 Å². The van der Waals surface area contributed by atoms with Crippen molar-refractivity contribution in [2.45, 2.75) is 51.5 Å². The molecule has 0 saturated heterocycles. The minimum atomic E-state index is -0.939. The molecule has 1 unspecified atom stereocenters. The molecule has 1 fully saturated rings. The van der Waals surface area contributed by atoms with Crippen LogP contribution in [0.3, 0.4) is 0 Å². The van der Waals surface area contributed by atoms with Crippen LogP contribution in [0.2, 0.25) is 0 Å². The number of nitrogens with zero attached hydrogens (tertiary/aromatic N) is 2. The van der Waals surface area contributed by atoms with Crippen molar-refractivity contribution in [3.05, 3.63) is 48.2 Å². The van der Waals surface area contributed by atoms with Gasteiger partial charge < -0.3 is 25.2 Å². The number of ether oxygens (including phenoxy) is 2. The van der Waals surface area contributed by atoms with Gasteiger partial charge in [0, 0.05) is 17.8 Å². The Morgan fingerprint density at radius 3 is 2.66 bits per heavy atom. The number of esters is 1. The van der Waals surface area contributed by atoms with E-state index in [1.165, 1.54) is 0 Å². The lowest BCUT2D eigenvalue weighted by molar-refractivity contribution is -0.141. The SMILES string of the molecule is CCOC(=O)CNc1c(-c2cccc(OC)c2)nc2c(C(=O)NC(CC(=O)O)C3CCCCC3)cccn12. The van der Waals surface area contributed by atoms with Gasteiger partial charge in [-0.2, -0.15) is 0 Å². The fourth-order valence-electron chi connectivity index (χ4n) is 5.06. The van der Waals surface area contributed by atoms with Crippen LogP contribution in [0.5, 0.6) is 5.75 Å². The van der Waals surface area contributed by atoms with E-state index in [0.717, 1.165) is 37.7 Å². The van der Waals surface area contributed by atoms with Crippen molar-refractivity contribution < 1.29 is 29.0 Å². The minimum absolute atomic E-state index is 0.0859. The van der Waals surface area contributed by atoms with Crippen LogP contribution in [0.15, 0.2) is 42.6 Å². The number of hydrogen-bond donors (Lipinski definition) is 3. The first-order chi connectivity index (χ1) is 18.4. The number of benzene rings is 1. The number of carboxylic acid groups (broad SMARTS) is 1. The summed E-state index contributed by atoms with van der Waals surface area (Å²) in [5.41, 5.74) is 1.96. The summed E-state index contributed by atoms with van der Waals surface area (Å²) in [7, 11) is 1.57. The summed E-state index contributed by atoms with van der Waals surface area (Å²) >= 11 is 0. The second kappa shape index (κ2) is 12.4. The Labute approximate surface area is 221 Å². The van der Waals surface area contributed by atoms with Crippen molar-refractivity contribution >= 4 is 29.3 Å². The lowest BCUT2D eigenvalue weighted by Crippen LogP contribution is -2.42. The number of carboxylic acids is 1. The van der Waals surface area contributed by atoms with Crippen molar-refractivity contribution in [3.63, 3.8) is 0 Å². The number of aliphatic carboxylic acids is 1. The molecule has 1 atom stereocenters. The number of carbonyl (C=O) groups excluding carboxylic acids is 2. The topological polar surface area (TPSA) is 131 Å². The van der Waals surface area contributed by atoms with E-state index < -0.39 is 18.0 Å². The smallest absolute Gasteiger partial charge is 0.325 e. The van der Waals surface area contributed by atoms with Gasteiger partial charge in [-0.1, -0.05) is 31.4 Å². The number of pyridine rings is 1. The van der Waals surface area contributed by atoms with E-state index in [4.69, 9.17) is 14.5 Å². The van der Waals surface area contributed by atoms with Crippen LogP contribution in [0.4, 0.5) is 5.82 Å². The second-order valence-electron chi connectivity index (χ2n) is 9.39. The number of fused-ring (bicyclic) bond motifs is 1. The van der Waals surface area contributed by atoms with E-state index >= 15 is 0 Å². The number of carbonyl (C=O) groups is 3. The van der Waals surface area contributed by atoms with Gasteiger partial charge in [0.05, 0.1) is 25.7 Å². The monoisotopic (exact) mass is 522 g/mol. The van der Waals surface area contributed by atoms with Gasteiger partial charge in [-0.15, -0.1) is 0 Å². The molecule has 0 radical (unpaired) electrons. The molecule has 1 aliphatic rings. The quantitative estimate of drug-likeness (QED) is 0.320. The summed E-state index contributed by atoms with van der Waals surface area (Å²) in [6, 6.07) is 10.3. The number of hydrogen-bond acceptors (Lipinski definition) is 7. The number of methoxy groups -OCH3 is 1. The molecule has 2 aromatic heterocycles. The van der Waals surface area contributed by atoms with Gasteiger partial charge in [-0.05, 0) is 49.9 Å². The Balaban J connectivity index is 1.72. The molecule has 3 N–H and O–H groups in total. The largest absolute Gasteiger partial charge is 0.497 e. The molecule has 0 aliphatic heterocycles. The predicted molar refractivity (Wildman–Crippen MR) is 142 cm³/mol. The zero-order chi connectivity index (χ0) is 27.1. The maximum absolute atomic E-state index is 13.5. The molecule has 1 amide bonds. The summed E-state index contributed by atoms with van der Waals surface area (Å²) in [6.07, 6.45) is 6.62. The number of anilines is 1. The van der Waals surface area contributed by atoms with Gasteiger partial charge in [0.15, 0.2) is 5.65 Å². The van der Waals surface area contributed by atoms with Crippen LogP contribution < -0.4 is 15.4 Å². The summed E-state index contributed by atoms with van der Waals surface area (Å²) < 4.78 is 12.2. The van der Waals surface area contributed by atoms with E-state index in [0.29, 0.717) is 28.5 Å². The molecule has 1 saturated carbocycles. The standard InChI is InChI=1S/C28H34N4O6/c1-3-38-24(35)17-29-27-25(19-11-7-12-20(15-19)37-2)31-26-21(13-8-14-32(26)27)28(36)30-22(16-23(33)34)18-9-5-4-6-10-18/h7-8,11-15,18,22,29H,3-6,9-10,16-17H2,1-2H3,(H,30,36)(H,33,34). The molecule has 10 heteroatoms. The van der Waals surface area contributed by atoms with Crippen LogP contribution in [0.25, 0.3) is 16.9 Å². The molecule has 38 heavy (non-hydrogen) atoms. The Hall–Kier alpha value is -4.08. The van der Waals surface area contributed by atoms with Crippen LogP contribution in [0, 0.1) is 5.92 Å². The van der Waals surface area contributed by atoms with Crippen molar-refractivity contribution in [3.8, 4) is 17.0 Å². The maximum Gasteiger partial charge on any atom is 0.325 e. The van der Waals surface area contributed by atoms with E-state index in [1.54, 1.807) is 36.8 Å². The van der Waals surface area contributed by atoms with Crippen LogP contribution in [-0.2, 0) is 14.3 Å². The number of aromatic nitrogens is 2. The van der Waals surface area contributed by atoms with E-state index in [-0.39, 0.29) is 31.4 Å². The molecule has 2 heterocycles. The van der Waals surface area contributed by atoms with Crippen LogP contribution >= 0.6 is 0 Å². The molecule has 1 aliphatic carbocycles. The Morgan fingerprint density at radius 1 is 1.16 bits per heavy atom. The highest BCUT2D eigenvalue weighted by atomic mass is 16.5. The van der Waals surface area contributed by atoms with Gasteiger partial charge in [0.2, 0.25) is 0 Å². The summed E-state index contributed by atoms with van der Waals surface area (Å²) in [5, 5.41) is 15.6. The van der Waals surface area contributed by atoms with E-state index in [1.807, 2.05) is 24.3 Å². The molecule has 4 rings (SSSR count). The van der Waals surface area contributed by atoms with E-state index in [9.17, 15) is 19.5 Å². The highest BCUT2D eigenvalue weighted by molar-refractivity contribution is 6.01. The second-order valence-corrected chi connectivity index (χ2v) is 9.39. The summed E-state index contributed by atoms with van der Waals surface area (Å²) in [4.78, 5) is 42.0. The van der Waals surface area contributed by atoms with E-state index in [2.05, 4.69) is 10.6 Å². The highest BCUT2D eigenvalue weighted by Gasteiger charge is 2.29. The zero-order valence-electron chi connectivity index (χ0n) is 21.7. The van der Waals surface area contributed by atoms with Crippen molar-refractivity contribution in [2.75, 3.05) is 25.6 Å². The molecular weight excluding hydrogens is 488 g/mol. The Kier molecular flexibility index (Phi) is 8.83. The zero-order valence-corrected chi connectivity index (χ0v) is 21.7. The third-order valence-corrected chi connectivity index (χ3v) is 6.87. The average molecular weight is 523 g/mol. The number of rotatable bonds is 11. The molecule has 3 aromatic rings. The first-order valence-corrected chi connectivity index (χ1v) is 13.0. The molecule has 202 valence electrons. The lowest BCUT2D eigenvalue weighted by Gasteiger charge is -2.30.